The number of aromatic carboxylic acids is 1. The van der Waals surface area contributed by atoms with E-state index in [9.17, 15) is 9.90 Å². The first-order valence-electron chi connectivity index (χ1n) is 10.00. The molecule has 0 aliphatic carbocycles. The first kappa shape index (κ1) is 19.8. The summed E-state index contributed by atoms with van der Waals surface area (Å²) in [5.74, 6) is -1.01. The maximum Gasteiger partial charge on any atom is 0.355 e. The zero-order valence-corrected chi connectivity index (χ0v) is 17.1. The molecule has 0 spiro atoms. The van der Waals surface area contributed by atoms with Gasteiger partial charge in [-0.05, 0) is 43.2 Å². The van der Waals surface area contributed by atoms with E-state index < -0.39 is 5.97 Å². The first-order chi connectivity index (χ1) is 14.6. The Labute approximate surface area is 174 Å². The van der Waals surface area contributed by atoms with Gasteiger partial charge < -0.3 is 9.84 Å². The van der Waals surface area contributed by atoms with Crippen LogP contribution in [0.15, 0.2) is 54.7 Å². The van der Waals surface area contributed by atoms with E-state index in [-0.39, 0.29) is 5.69 Å². The second-order valence-corrected chi connectivity index (χ2v) is 7.17. The van der Waals surface area contributed by atoms with Crippen LogP contribution in [0.4, 0.5) is 0 Å². The van der Waals surface area contributed by atoms with E-state index >= 15 is 0 Å². The molecule has 3 aromatic heterocycles. The lowest BCUT2D eigenvalue weighted by atomic mass is 10.1. The van der Waals surface area contributed by atoms with Gasteiger partial charge in [-0.25, -0.2) is 14.5 Å². The number of unbranched alkanes of at least 4 members (excludes halogenated alkanes) is 1. The topological polar surface area (TPSA) is 81.6 Å². The fourth-order valence-electron chi connectivity index (χ4n) is 3.61. The molecular formula is C23H24N4O3. The van der Waals surface area contributed by atoms with Crippen LogP contribution < -0.4 is 0 Å². The Kier molecular flexibility index (Phi) is 5.63. The molecule has 3 heterocycles. The average Bonchev–Trinajstić information content (AvgIpc) is 3.34. The lowest BCUT2D eigenvalue weighted by Crippen LogP contribution is -2.04. The van der Waals surface area contributed by atoms with Crippen molar-refractivity contribution in [2.45, 2.75) is 32.8 Å². The molecule has 4 rings (SSSR count). The van der Waals surface area contributed by atoms with Gasteiger partial charge in [0.1, 0.15) is 11.3 Å². The standard InChI is InChI=1S/C23H24N4O3/c1-3-4-7-19-14-17(15-30-2)25-27(19)18-11-9-16(10-12-18)21-22(23(28)29)26-13-6-5-8-20(26)24-21/h5-6,8-14H,3-4,7,15H2,1-2H3,(H,28,29). The van der Waals surface area contributed by atoms with Gasteiger partial charge in [-0.15, -0.1) is 0 Å². The molecule has 30 heavy (non-hydrogen) atoms. The van der Waals surface area contributed by atoms with Gasteiger partial charge in [-0.3, -0.25) is 4.40 Å². The van der Waals surface area contributed by atoms with E-state index in [2.05, 4.69) is 23.1 Å². The lowest BCUT2D eigenvalue weighted by Gasteiger charge is -2.08. The maximum absolute atomic E-state index is 11.9. The third kappa shape index (κ3) is 3.71. The number of ether oxygens (including phenoxy) is 1. The van der Waals surface area contributed by atoms with E-state index in [0.29, 0.717) is 17.9 Å². The molecule has 0 amide bonds. The van der Waals surface area contributed by atoms with Crippen LogP contribution in [-0.4, -0.2) is 37.4 Å². The second-order valence-electron chi connectivity index (χ2n) is 7.17. The molecule has 4 aromatic rings. The van der Waals surface area contributed by atoms with Gasteiger partial charge in [0.25, 0.3) is 0 Å². The van der Waals surface area contributed by atoms with E-state index in [4.69, 9.17) is 4.74 Å². The van der Waals surface area contributed by atoms with E-state index in [1.807, 2.05) is 35.0 Å². The van der Waals surface area contributed by atoms with Crippen LogP contribution in [0, 0.1) is 0 Å². The fourth-order valence-corrected chi connectivity index (χ4v) is 3.61. The Morgan fingerprint density at radius 2 is 1.97 bits per heavy atom. The molecule has 0 saturated heterocycles. The van der Waals surface area contributed by atoms with Crippen LogP contribution in [0.5, 0.6) is 0 Å². The first-order valence-corrected chi connectivity index (χ1v) is 10.00. The smallest absolute Gasteiger partial charge is 0.355 e. The molecular weight excluding hydrogens is 380 g/mol. The minimum atomic E-state index is -1.01. The molecule has 0 aliphatic rings. The van der Waals surface area contributed by atoms with Crippen LogP contribution in [0.25, 0.3) is 22.6 Å². The van der Waals surface area contributed by atoms with Crippen molar-refractivity contribution in [3.8, 4) is 16.9 Å². The normalized spacial score (nSPS) is 11.3. The maximum atomic E-state index is 11.9. The molecule has 7 nitrogen and oxygen atoms in total. The summed E-state index contributed by atoms with van der Waals surface area (Å²) in [6.07, 6.45) is 4.84. The monoisotopic (exact) mass is 404 g/mol. The summed E-state index contributed by atoms with van der Waals surface area (Å²) in [7, 11) is 1.66. The van der Waals surface area contributed by atoms with Crippen molar-refractivity contribution >= 4 is 11.6 Å². The quantitative estimate of drug-likeness (QED) is 0.471. The SMILES string of the molecule is CCCCc1cc(COC)nn1-c1ccc(-c2nc3ccccn3c2C(=O)O)cc1. The Morgan fingerprint density at radius 1 is 1.17 bits per heavy atom. The van der Waals surface area contributed by atoms with Crippen LogP contribution in [-0.2, 0) is 17.8 Å². The molecule has 0 bridgehead atoms. The van der Waals surface area contributed by atoms with Crippen LogP contribution in [0.2, 0.25) is 0 Å². The molecule has 0 radical (unpaired) electrons. The second kappa shape index (κ2) is 8.51. The minimum Gasteiger partial charge on any atom is -0.476 e. The number of methoxy groups -OCH3 is 1. The van der Waals surface area contributed by atoms with Crippen molar-refractivity contribution in [2.75, 3.05) is 7.11 Å². The molecule has 0 saturated carbocycles. The molecule has 0 unspecified atom stereocenters. The van der Waals surface area contributed by atoms with Gasteiger partial charge in [0.2, 0.25) is 0 Å². The van der Waals surface area contributed by atoms with Crippen LogP contribution in [0.3, 0.4) is 0 Å². The molecule has 1 N–H and O–H groups in total. The molecule has 7 heteroatoms. The average molecular weight is 404 g/mol. The number of nitrogens with zero attached hydrogens (tertiary/aromatic N) is 4. The Hall–Kier alpha value is -3.45. The van der Waals surface area contributed by atoms with Crippen molar-refractivity contribution in [2.24, 2.45) is 0 Å². The van der Waals surface area contributed by atoms with Crippen LogP contribution >= 0.6 is 0 Å². The highest BCUT2D eigenvalue weighted by molar-refractivity contribution is 5.94. The fraction of sp³-hybridized carbons (Fsp3) is 0.261. The molecule has 0 atom stereocenters. The number of pyridine rings is 1. The number of carboxylic acids is 1. The number of aryl methyl sites for hydroxylation is 1. The highest BCUT2D eigenvalue weighted by Gasteiger charge is 2.20. The zero-order chi connectivity index (χ0) is 21.1. The zero-order valence-electron chi connectivity index (χ0n) is 17.1. The Morgan fingerprint density at radius 3 is 2.67 bits per heavy atom. The summed E-state index contributed by atoms with van der Waals surface area (Å²) in [6, 6.07) is 15.2. The van der Waals surface area contributed by atoms with Crippen molar-refractivity contribution in [3.63, 3.8) is 0 Å². The summed E-state index contributed by atoms with van der Waals surface area (Å²) in [6.45, 7) is 2.63. The van der Waals surface area contributed by atoms with Gasteiger partial charge in [-0.2, -0.15) is 5.10 Å². The number of carboxylic acid groups (broad SMARTS) is 1. The number of imidazole rings is 1. The van der Waals surface area contributed by atoms with Crippen LogP contribution in [0.1, 0.15) is 41.6 Å². The number of rotatable bonds is 8. The van der Waals surface area contributed by atoms with Gasteiger partial charge >= 0.3 is 5.97 Å². The summed E-state index contributed by atoms with van der Waals surface area (Å²) in [4.78, 5) is 16.4. The van der Waals surface area contributed by atoms with Crippen molar-refractivity contribution in [3.05, 3.63) is 71.8 Å². The minimum absolute atomic E-state index is 0.156. The van der Waals surface area contributed by atoms with E-state index in [1.165, 1.54) is 0 Å². The van der Waals surface area contributed by atoms with Crippen molar-refractivity contribution in [1.29, 1.82) is 0 Å². The summed E-state index contributed by atoms with van der Waals surface area (Å²) < 4.78 is 8.77. The van der Waals surface area contributed by atoms with Gasteiger partial charge in [-0.1, -0.05) is 31.5 Å². The summed E-state index contributed by atoms with van der Waals surface area (Å²) >= 11 is 0. The Bertz CT molecular complexity index is 1180. The van der Waals surface area contributed by atoms with E-state index in [0.717, 1.165) is 41.9 Å². The third-order valence-corrected chi connectivity index (χ3v) is 5.03. The number of aromatic nitrogens is 4. The summed E-state index contributed by atoms with van der Waals surface area (Å²) in [5, 5.41) is 14.4. The molecule has 0 fully saturated rings. The van der Waals surface area contributed by atoms with Crippen molar-refractivity contribution in [1.82, 2.24) is 19.2 Å². The highest BCUT2D eigenvalue weighted by atomic mass is 16.5. The van der Waals surface area contributed by atoms with Gasteiger partial charge in [0.15, 0.2) is 5.69 Å². The largest absolute Gasteiger partial charge is 0.476 e. The predicted molar refractivity (Wildman–Crippen MR) is 114 cm³/mol. The molecule has 154 valence electrons. The number of hydrogen-bond donors (Lipinski definition) is 1. The van der Waals surface area contributed by atoms with Crippen molar-refractivity contribution < 1.29 is 14.6 Å². The van der Waals surface area contributed by atoms with E-state index in [1.54, 1.807) is 29.8 Å². The summed E-state index contributed by atoms with van der Waals surface area (Å²) in [5.41, 5.74) is 4.91. The highest BCUT2D eigenvalue weighted by Crippen LogP contribution is 2.26. The molecule has 0 aliphatic heterocycles. The number of hydrogen-bond acceptors (Lipinski definition) is 4. The number of fused-ring (bicyclic) bond motifs is 1. The van der Waals surface area contributed by atoms with Gasteiger partial charge in [0.05, 0.1) is 18.0 Å². The predicted octanol–water partition coefficient (Wildman–Crippen LogP) is 4.37. The van der Waals surface area contributed by atoms with Gasteiger partial charge in [0, 0.05) is 24.6 Å². The Balaban J connectivity index is 1.73. The molecule has 1 aromatic carbocycles. The third-order valence-electron chi connectivity index (χ3n) is 5.03. The number of carbonyl (C=O) groups is 1. The lowest BCUT2D eigenvalue weighted by molar-refractivity contribution is 0.0690. The number of benzene rings is 1.